The summed E-state index contributed by atoms with van der Waals surface area (Å²) >= 11 is 0. The first kappa shape index (κ1) is 104. The van der Waals surface area contributed by atoms with Gasteiger partial charge in [-0.15, -0.1) is 0 Å². The Hall–Kier alpha value is -10.5. The highest BCUT2D eigenvalue weighted by molar-refractivity contribution is 8.77. The molecule has 2 aromatic rings. The number of hydrogen-bond acceptors (Lipinski definition) is 32. The highest BCUT2D eigenvalue weighted by atomic mass is 33.1. The van der Waals surface area contributed by atoms with E-state index in [4.69, 9.17) is 5.73 Å². The second-order valence-electron chi connectivity index (χ2n) is 30.1. The number of aromatic hydroxyl groups is 1. The average molecular weight is 1900 g/mol. The maximum absolute atomic E-state index is 15.6. The zero-order valence-corrected chi connectivity index (χ0v) is 73.8. The van der Waals surface area contributed by atoms with Crippen molar-refractivity contribution in [3.8, 4) is 5.75 Å². The standard InChI is InChI=1S/C75H105N19O27S6/c1-39-63(108)85-53-38-127-126-35-50-68(113)81-44(14-15-58(100)101)64(109)82-45(25-41-7-4-3-5-8-41)65(110)86-52(37-125-122-33-48(79-56(98)28-77-73(118)62(40(2)95)89-71(53)116)66(111)84-47(75(120)121)26-42-10-12-43(96)13-11-42)70(115)88-51(69(114)83-46(27-55(76)97)74(119)94-16-6-9-54(94)72(117)78-39)36-124-123-34-49(67(112)87-50)80-57(99)29-90-17-19-91(30-59(102)103)21-23-93(32-61(106)107)24-22-92(20-18-90)31-60(104)105/h3-5,7-8,10-13,39-40,44-54,62,95-96H,6,9,14-38H2,1-2H3,(H2,76,97)(H,77,118)(H,78,117)(H,79,98)(H,80,99)(H,81,113)(H,82,109)(H,83,114)(H,84,111)(H,85,108)(H,86,110)(H,87,112)(H,88,115)(H,89,116)(H,100,101)(H,102,103)(H,104,105)(H,106,107)(H,120,121)/t39-,40+,44-,45-,46-,47-,48-,49-,50-,51-,52-,53-,54-,62-/m0/s1. The summed E-state index contributed by atoms with van der Waals surface area (Å²) in [5, 5.41) is 103. The van der Waals surface area contributed by atoms with Gasteiger partial charge in [-0.05, 0) is 56.4 Å². The van der Waals surface area contributed by atoms with E-state index in [9.17, 15) is 98.1 Å². The number of rotatable bonds is 22. The molecule has 0 radical (unpaired) electrons. The smallest absolute Gasteiger partial charge is 0.326 e. The van der Waals surface area contributed by atoms with Crippen molar-refractivity contribution in [2.75, 3.05) is 126 Å². The van der Waals surface area contributed by atoms with E-state index in [-0.39, 0.29) is 83.9 Å². The summed E-state index contributed by atoms with van der Waals surface area (Å²) in [5.41, 5.74) is 6.41. The minimum Gasteiger partial charge on any atom is -0.508 e. The molecule has 5 aliphatic heterocycles. The van der Waals surface area contributed by atoms with E-state index in [0.29, 0.717) is 54.3 Å². The number of nitrogens with one attached hydrogen (secondary N) is 13. The molecule has 0 aromatic heterocycles. The Kier molecular flexibility index (Phi) is 42.5. The summed E-state index contributed by atoms with van der Waals surface area (Å²) in [4.78, 5) is 290. The van der Waals surface area contributed by atoms with Gasteiger partial charge in [0.15, 0.2) is 0 Å². The molecule has 698 valence electrons. The number of benzene rings is 2. The number of carboxylic acids is 5. The molecule has 0 aliphatic carbocycles. The molecular weight excluding hydrogens is 1790 g/mol. The molecule has 0 unspecified atom stereocenters. The van der Waals surface area contributed by atoms with Gasteiger partial charge in [-0.3, -0.25) is 111 Å². The van der Waals surface area contributed by atoms with Gasteiger partial charge < -0.3 is 115 Å². The van der Waals surface area contributed by atoms with Gasteiger partial charge in [0.25, 0.3) is 0 Å². The summed E-state index contributed by atoms with van der Waals surface area (Å²) in [6.45, 7) is -1.55. The van der Waals surface area contributed by atoms with Crippen molar-refractivity contribution in [3.63, 3.8) is 0 Å². The molecular formula is C75H105N19O27S6. The van der Waals surface area contributed by atoms with Crippen molar-refractivity contribution < 1.29 is 132 Å². The first-order chi connectivity index (χ1) is 60.3. The topological polar surface area (TPSA) is 682 Å². The van der Waals surface area contributed by atoms with E-state index in [1.807, 2.05) is 0 Å². The Morgan fingerprint density at radius 2 is 0.953 bits per heavy atom. The van der Waals surface area contributed by atoms with Crippen molar-refractivity contribution in [2.45, 2.75) is 143 Å². The van der Waals surface area contributed by atoms with Crippen LogP contribution in [0.5, 0.6) is 5.75 Å². The number of amides is 15. The molecule has 0 spiro atoms. The van der Waals surface area contributed by atoms with E-state index >= 15 is 33.6 Å². The summed E-state index contributed by atoms with van der Waals surface area (Å²) in [6, 6.07) is -10.7. The molecule has 14 atom stereocenters. The Balaban J connectivity index is 1.43. The number of nitrogens with zero attached hydrogens (tertiary/aromatic N) is 5. The van der Waals surface area contributed by atoms with Gasteiger partial charge in [0, 0.05) is 113 Å². The third kappa shape index (κ3) is 35.6. The Labute approximate surface area is 750 Å². The molecule has 46 nitrogen and oxygen atoms in total. The predicted molar refractivity (Wildman–Crippen MR) is 462 cm³/mol. The summed E-state index contributed by atoms with van der Waals surface area (Å²) in [5.74, 6) is -28.1. The normalized spacial score (nSPS) is 26.0. The lowest BCUT2D eigenvalue weighted by Gasteiger charge is -2.33. The SMILES string of the molecule is C[C@@H]1NC(=O)[C@@H]2CCCN2C(=O)[C@H](CC(N)=O)NC(=O)[C@@H]2CSSC[C@H](NC(=O)CN3CCN(CC(=O)O)CCN(CC(=O)O)CCN(CC(=O)O)CC3)C(=O)N[C@H]3CSSC[C@H](NC1=O)C(=O)N[C@@H]([C@@H](C)O)C(=O)NCC(=O)N[C@H](C(=O)N[C@@H](Cc1ccc(O)cc1)C(=O)O)CSSC[C@H](NC(=O)[C@H](Cc1ccccc1)NC(=O)[C@H](CCC(=O)O)NC3=O)C(=O)N2. The third-order valence-corrected chi connectivity index (χ3v) is 27.4. The van der Waals surface area contributed by atoms with E-state index in [2.05, 4.69) is 69.1 Å². The second kappa shape index (κ2) is 52.1. The number of carbonyl (C=O) groups is 20. The summed E-state index contributed by atoms with van der Waals surface area (Å²) < 4.78 is 0. The van der Waals surface area contributed by atoms with Gasteiger partial charge in [0.05, 0.1) is 45.2 Å². The number of hydrogen-bond donors (Lipinski definition) is 21. The van der Waals surface area contributed by atoms with Crippen LogP contribution in [0.15, 0.2) is 54.6 Å². The fourth-order valence-electron chi connectivity index (χ4n) is 13.4. The van der Waals surface area contributed by atoms with Gasteiger partial charge in [-0.1, -0.05) is 107 Å². The Morgan fingerprint density at radius 1 is 0.488 bits per heavy atom. The van der Waals surface area contributed by atoms with Crippen LogP contribution >= 0.6 is 64.8 Å². The van der Waals surface area contributed by atoms with Crippen LogP contribution in [0.2, 0.25) is 0 Å². The first-order valence-corrected chi connectivity index (χ1v) is 47.5. The number of primary amides is 1. The number of nitrogens with two attached hydrogens (primary N) is 1. The first-order valence-electron chi connectivity index (χ1n) is 40.0. The van der Waals surface area contributed by atoms with Gasteiger partial charge in [-0.2, -0.15) is 0 Å². The predicted octanol–water partition coefficient (Wildman–Crippen LogP) is -8.01. The van der Waals surface area contributed by atoms with Crippen LogP contribution in [-0.2, 0) is 109 Å². The highest BCUT2D eigenvalue weighted by Gasteiger charge is 2.43. The maximum atomic E-state index is 15.6. The lowest BCUT2D eigenvalue weighted by Crippen LogP contribution is -2.62. The lowest BCUT2D eigenvalue weighted by atomic mass is 10.0. The van der Waals surface area contributed by atoms with E-state index in [1.54, 1.807) is 30.3 Å². The molecule has 5 heterocycles. The Bertz CT molecular complexity index is 4260. The quantitative estimate of drug-likeness (QED) is 0.0385. The van der Waals surface area contributed by atoms with Crippen molar-refractivity contribution in [1.29, 1.82) is 0 Å². The van der Waals surface area contributed by atoms with Gasteiger partial charge in [0.2, 0.25) is 88.6 Å². The molecule has 52 heteroatoms. The van der Waals surface area contributed by atoms with Crippen LogP contribution < -0.4 is 74.9 Å². The number of aliphatic carboxylic acids is 5. The molecule has 5 fully saturated rings. The molecule has 0 saturated carbocycles. The molecule has 127 heavy (non-hydrogen) atoms. The maximum Gasteiger partial charge on any atom is 0.326 e. The third-order valence-electron chi connectivity index (χ3n) is 20.1. The van der Waals surface area contributed by atoms with Gasteiger partial charge >= 0.3 is 29.8 Å². The minimum absolute atomic E-state index is 0.0120. The van der Waals surface area contributed by atoms with E-state index < -0.39 is 296 Å². The van der Waals surface area contributed by atoms with Crippen LogP contribution in [0.3, 0.4) is 0 Å². The number of aliphatic hydroxyl groups is 1. The molecule has 5 saturated heterocycles. The minimum atomic E-state index is -2.01. The molecule has 2 aromatic carbocycles. The number of carboxylic acid groups (broad SMARTS) is 5. The van der Waals surface area contributed by atoms with Crippen LogP contribution in [0.25, 0.3) is 0 Å². The number of carbonyl (C=O) groups excluding carboxylic acids is 15. The fourth-order valence-corrected chi connectivity index (χ4v) is 20.3. The molecule has 22 N–H and O–H groups in total. The monoisotopic (exact) mass is 1900 g/mol. The van der Waals surface area contributed by atoms with E-state index in [1.165, 1.54) is 50.8 Å². The van der Waals surface area contributed by atoms with Crippen LogP contribution in [0.1, 0.15) is 57.1 Å². The van der Waals surface area contributed by atoms with Gasteiger partial charge in [-0.25, -0.2) is 4.79 Å². The fraction of sp³-hybridized carbons (Fsp3) is 0.573. The molecule has 15 amide bonds. The molecule has 5 aliphatic rings. The highest BCUT2D eigenvalue weighted by Crippen LogP contribution is 2.29. The molecule has 4 bridgehead atoms. The zero-order chi connectivity index (χ0) is 93.1. The number of phenolic OH excluding ortho intramolecular Hbond substituents is 1. The Morgan fingerprint density at radius 3 is 1.46 bits per heavy atom. The van der Waals surface area contributed by atoms with Crippen LogP contribution in [-0.4, -0.2) is 389 Å². The summed E-state index contributed by atoms with van der Waals surface area (Å²) in [6.07, 6.45) is -5.18. The number of aliphatic hydroxyl groups excluding tert-OH is 1. The number of fused-ring (bicyclic) bond motifs is 20. The largest absolute Gasteiger partial charge is 0.508 e. The van der Waals surface area contributed by atoms with Crippen molar-refractivity contribution in [1.82, 2.24) is 93.6 Å². The van der Waals surface area contributed by atoms with Crippen LogP contribution in [0, 0.1) is 0 Å². The van der Waals surface area contributed by atoms with Crippen molar-refractivity contribution in [2.24, 2.45) is 5.73 Å². The van der Waals surface area contributed by atoms with Gasteiger partial charge in [0.1, 0.15) is 84.3 Å². The van der Waals surface area contributed by atoms with Crippen molar-refractivity contribution >= 4 is 183 Å². The van der Waals surface area contributed by atoms with Crippen LogP contribution in [0.4, 0.5) is 0 Å². The van der Waals surface area contributed by atoms with Crippen molar-refractivity contribution in [3.05, 3.63) is 65.7 Å². The number of phenols is 1. The summed E-state index contributed by atoms with van der Waals surface area (Å²) in [7, 11) is 4.25. The average Bonchev–Trinajstić information content (AvgIpc) is 1.64. The second-order valence-corrected chi connectivity index (χ2v) is 37.7. The molecule has 7 rings (SSSR count). The zero-order valence-electron chi connectivity index (χ0n) is 68.9. The van der Waals surface area contributed by atoms with E-state index in [0.717, 1.165) is 33.4 Å². The lowest BCUT2D eigenvalue weighted by molar-refractivity contribution is -0.143.